The van der Waals surface area contributed by atoms with Gasteiger partial charge in [0.15, 0.2) is 0 Å². The third-order valence-corrected chi connectivity index (χ3v) is 3.47. The Hall–Kier alpha value is -1.25. The maximum absolute atomic E-state index is 5.97. The Morgan fingerprint density at radius 1 is 1.44 bits per heavy atom. The average Bonchev–Trinajstić information content (AvgIpc) is 2.54. The Morgan fingerprint density at radius 3 is 3.06 bits per heavy atom. The molecule has 2 N–H and O–H groups in total. The van der Waals surface area contributed by atoms with E-state index in [0.717, 1.165) is 12.2 Å². The first-order chi connectivity index (χ1) is 7.83. The van der Waals surface area contributed by atoms with Crippen LogP contribution in [0, 0.1) is 0 Å². The lowest BCUT2D eigenvalue weighted by molar-refractivity contribution is 0.556. The molecule has 1 aliphatic rings. The van der Waals surface area contributed by atoms with Crippen molar-refractivity contribution in [2.45, 2.75) is 45.1 Å². The van der Waals surface area contributed by atoms with E-state index in [1.54, 1.807) is 6.20 Å². The zero-order chi connectivity index (χ0) is 11.4. The molecule has 16 heavy (non-hydrogen) atoms. The standard InChI is InChI=1S/C13H21N3/c1-2-11-7-4-3-5-10-16(11)12-8-6-9-15-13(12)14/h6,8-9,11H,2-5,7,10H2,1H3,(H2,14,15). The van der Waals surface area contributed by atoms with Crippen LogP contribution < -0.4 is 10.6 Å². The van der Waals surface area contributed by atoms with Crippen molar-refractivity contribution in [1.82, 2.24) is 4.98 Å². The molecule has 3 heteroatoms. The molecule has 0 spiro atoms. The maximum atomic E-state index is 5.97. The number of nitrogen functional groups attached to an aromatic ring is 1. The van der Waals surface area contributed by atoms with Crippen molar-refractivity contribution in [1.29, 1.82) is 0 Å². The lowest BCUT2D eigenvalue weighted by Crippen LogP contribution is -2.35. The fourth-order valence-electron chi connectivity index (χ4n) is 2.57. The molecule has 88 valence electrons. The van der Waals surface area contributed by atoms with Crippen molar-refractivity contribution < 1.29 is 0 Å². The smallest absolute Gasteiger partial charge is 0.146 e. The molecule has 1 aliphatic heterocycles. The third-order valence-electron chi connectivity index (χ3n) is 3.47. The van der Waals surface area contributed by atoms with E-state index < -0.39 is 0 Å². The number of nitrogens with two attached hydrogens (primary N) is 1. The van der Waals surface area contributed by atoms with Crippen LogP contribution in [0.15, 0.2) is 18.3 Å². The van der Waals surface area contributed by atoms with Crippen LogP contribution in [0.2, 0.25) is 0 Å². The molecule has 0 radical (unpaired) electrons. The van der Waals surface area contributed by atoms with Crippen LogP contribution in [0.4, 0.5) is 11.5 Å². The van der Waals surface area contributed by atoms with Gasteiger partial charge in [-0.2, -0.15) is 0 Å². The van der Waals surface area contributed by atoms with Crippen molar-refractivity contribution in [3.05, 3.63) is 18.3 Å². The molecular formula is C13H21N3. The zero-order valence-corrected chi connectivity index (χ0v) is 10.0. The zero-order valence-electron chi connectivity index (χ0n) is 10.0. The Labute approximate surface area is 97.7 Å². The first-order valence-electron chi connectivity index (χ1n) is 6.30. The predicted molar refractivity (Wildman–Crippen MR) is 68.5 cm³/mol. The van der Waals surface area contributed by atoms with Gasteiger partial charge < -0.3 is 10.6 Å². The van der Waals surface area contributed by atoms with Crippen LogP contribution in [0.25, 0.3) is 0 Å². The van der Waals surface area contributed by atoms with Gasteiger partial charge in [-0.3, -0.25) is 0 Å². The molecule has 0 bridgehead atoms. The third kappa shape index (κ3) is 2.29. The van der Waals surface area contributed by atoms with Crippen molar-refractivity contribution in [3.63, 3.8) is 0 Å². The summed E-state index contributed by atoms with van der Waals surface area (Å²) in [5.74, 6) is 0.669. The van der Waals surface area contributed by atoms with Gasteiger partial charge in [-0.15, -0.1) is 0 Å². The van der Waals surface area contributed by atoms with Crippen molar-refractivity contribution >= 4 is 11.5 Å². The van der Waals surface area contributed by atoms with E-state index in [-0.39, 0.29) is 0 Å². The molecular weight excluding hydrogens is 198 g/mol. The number of rotatable bonds is 2. The second kappa shape index (κ2) is 5.19. The molecule has 0 aromatic carbocycles. The second-order valence-corrected chi connectivity index (χ2v) is 4.51. The molecule has 2 rings (SSSR count). The van der Waals surface area contributed by atoms with Gasteiger partial charge in [0.05, 0.1) is 5.69 Å². The van der Waals surface area contributed by atoms with Crippen molar-refractivity contribution in [2.75, 3.05) is 17.2 Å². The van der Waals surface area contributed by atoms with Crippen molar-refractivity contribution in [3.8, 4) is 0 Å². The minimum Gasteiger partial charge on any atom is -0.382 e. The van der Waals surface area contributed by atoms with Crippen LogP contribution in [0.1, 0.15) is 39.0 Å². The van der Waals surface area contributed by atoms with Gasteiger partial charge >= 0.3 is 0 Å². The molecule has 1 atom stereocenters. The number of nitrogens with zero attached hydrogens (tertiary/aromatic N) is 2. The number of hydrogen-bond acceptors (Lipinski definition) is 3. The molecule has 0 aliphatic carbocycles. The Bertz CT molecular complexity index is 338. The summed E-state index contributed by atoms with van der Waals surface area (Å²) in [7, 11) is 0. The quantitative estimate of drug-likeness (QED) is 0.831. The maximum Gasteiger partial charge on any atom is 0.146 e. The minimum atomic E-state index is 0.633. The van der Waals surface area contributed by atoms with Gasteiger partial charge in [0, 0.05) is 18.8 Å². The SMILES string of the molecule is CCC1CCCCCN1c1cccnc1N. The van der Waals surface area contributed by atoms with Crippen LogP contribution in [0.5, 0.6) is 0 Å². The monoisotopic (exact) mass is 219 g/mol. The number of pyridine rings is 1. The number of hydrogen-bond donors (Lipinski definition) is 1. The van der Waals surface area contributed by atoms with E-state index in [1.165, 1.54) is 32.1 Å². The van der Waals surface area contributed by atoms with E-state index in [0.29, 0.717) is 11.9 Å². The molecule has 3 nitrogen and oxygen atoms in total. The van der Waals surface area contributed by atoms with Gasteiger partial charge in [0.2, 0.25) is 0 Å². The normalized spacial score (nSPS) is 21.8. The summed E-state index contributed by atoms with van der Waals surface area (Å²) in [6.07, 6.45) is 8.18. The highest BCUT2D eigenvalue weighted by molar-refractivity contribution is 5.63. The molecule has 1 unspecified atom stereocenters. The lowest BCUT2D eigenvalue weighted by Gasteiger charge is -2.31. The number of anilines is 2. The Morgan fingerprint density at radius 2 is 2.31 bits per heavy atom. The lowest BCUT2D eigenvalue weighted by atomic mass is 10.1. The number of aromatic nitrogens is 1. The largest absolute Gasteiger partial charge is 0.382 e. The minimum absolute atomic E-state index is 0.633. The second-order valence-electron chi connectivity index (χ2n) is 4.51. The molecule has 1 aromatic heterocycles. The fraction of sp³-hybridized carbons (Fsp3) is 0.615. The molecule has 1 saturated heterocycles. The van der Waals surface area contributed by atoms with Gasteiger partial charge in [0.1, 0.15) is 5.82 Å². The first-order valence-corrected chi connectivity index (χ1v) is 6.30. The Kier molecular flexibility index (Phi) is 3.65. The Balaban J connectivity index is 2.25. The summed E-state index contributed by atoms with van der Waals surface area (Å²) < 4.78 is 0. The topological polar surface area (TPSA) is 42.2 Å². The summed E-state index contributed by atoms with van der Waals surface area (Å²) in [5, 5.41) is 0. The van der Waals surface area contributed by atoms with Crippen LogP contribution in [-0.2, 0) is 0 Å². The van der Waals surface area contributed by atoms with E-state index in [1.807, 2.05) is 6.07 Å². The molecule has 1 aromatic rings. The van der Waals surface area contributed by atoms with E-state index in [9.17, 15) is 0 Å². The van der Waals surface area contributed by atoms with Gasteiger partial charge in [0.25, 0.3) is 0 Å². The average molecular weight is 219 g/mol. The summed E-state index contributed by atoms with van der Waals surface area (Å²) in [6.45, 7) is 3.38. The summed E-state index contributed by atoms with van der Waals surface area (Å²) in [5.41, 5.74) is 7.09. The van der Waals surface area contributed by atoms with Crippen molar-refractivity contribution in [2.24, 2.45) is 0 Å². The van der Waals surface area contributed by atoms with Gasteiger partial charge in [-0.25, -0.2) is 4.98 Å². The summed E-state index contributed by atoms with van der Waals surface area (Å²) >= 11 is 0. The molecule has 2 heterocycles. The highest BCUT2D eigenvalue weighted by atomic mass is 15.2. The highest BCUT2D eigenvalue weighted by Crippen LogP contribution is 2.28. The van der Waals surface area contributed by atoms with Crippen LogP contribution >= 0.6 is 0 Å². The highest BCUT2D eigenvalue weighted by Gasteiger charge is 2.21. The molecule has 0 saturated carbocycles. The predicted octanol–water partition coefficient (Wildman–Crippen LogP) is 2.82. The van der Waals surface area contributed by atoms with Gasteiger partial charge in [-0.1, -0.05) is 19.8 Å². The summed E-state index contributed by atoms with van der Waals surface area (Å²) in [6, 6.07) is 4.70. The van der Waals surface area contributed by atoms with Crippen LogP contribution in [-0.4, -0.2) is 17.6 Å². The molecule has 0 amide bonds. The van der Waals surface area contributed by atoms with E-state index >= 15 is 0 Å². The first kappa shape index (κ1) is 11.2. The fourth-order valence-corrected chi connectivity index (χ4v) is 2.57. The van der Waals surface area contributed by atoms with Gasteiger partial charge in [-0.05, 0) is 31.4 Å². The summed E-state index contributed by atoms with van der Waals surface area (Å²) in [4.78, 5) is 6.64. The van der Waals surface area contributed by atoms with E-state index in [2.05, 4.69) is 22.9 Å². The molecule has 1 fully saturated rings. The van der Waals surface area contributed by atoms with Crippen LogP contribution in [0.3, 0.4) is 0 Å². The van der Waals surface area contributed by atoms with E-state index in [4.69, 9.17) is 5.73 Å².